The summed E-state index contributed by atoms with van der Waals surface area (Å²) in [7, 11) is 0. The lowest BCUT2D eigenvalue weighted by molar-refractivity contribution is -0.113. The van der Waals surface area contributed by atoms with Crippen LogP contribution < -0.4 is 0 Å². The van der Waals surface area contributed by atoms with Gasteiger partial charge in [-0.2, -0.15) is 0 Å². The normalized spacial score (nSPS) is 14.5. The Balaban J connectivity index is 2.01. The number of phenols is 1. The topological polar surface area (TPSA) is 37.3 Å². The molecule has 2 heteroatoms. The first-order chi connectivity index (χ1) is 25.7. The number of Topliss-reactive ketones (excluding diaryl/α,β-unsaturated/α-hetero) is 1. The number of benzene rings is 5. The number of carbonyl (C=O) groups is 1. The molecule has 0 aromatic heterocycles. The van der Waals surface area contributed by atoms with Crippen molar-refractivity contribution in [3.8, 4) is 28.0 Å². The first-order valence-electron chi connectivity index (χ1n) is 19.6. The number of phenolic OH excluding ortho intramolecular Hbond substituents is 1. The zero-order valence-electron chi connectivity index (χ0n) is 35.0. The van der Waals surface area contributed by atoms with Gasteiger partial charge in [0, 0.05) is 22.3 Å². The van der Waals surface area contributed by atoms with Crippen LogP contribution in [-0.4, -0.2) is 10.9 Å². The molecule has 282 valence electrons. The van der Waals surface area contributed by atoms with Crippen molar-refractivity contribution >= 4 is 23.0 Å². The van der Waals surface area contributed by atoms with Crippen molar-refractivity contribution in [1.82, 2.24) is 0 Å². The maximum atomic E-state index is 15.4. The van der Waals surface area contributed by atoms with Gasteiger partial charge in [0.1, 0.15) is 5.75 Å². The van der Waals surface area contributed by atoms with E-state index in [4.69, 9.17) is 0 Å². The highest BCUT2D eigenvalue weighted by molar-refractivity contribution is 6.28. The van der Waals surface area contributed by atoms with Crippen molar-refractivity contribution in [2.24, 2.45) is 10.8 Å². The number of ketones is 1. The molecule has 0 unspecified atom stereocenters. The first kappa shape index (κ1) is 39.5. The summed E-state index contributed by atoms with van der Waals surface area (Å²) in [6.07, 6.45) is 2.38. The number of hydrogen-bond donors (Lipinski definition) is 1. The molecule has 0 radical (unpaired) electrons. The average molecular weight is 727 g/mol. The van der Waals surface area contributed by atoms with E-state index in [1.54, 1.807) is 0 Å². The molecule has 2 nitrogen and oxygen atoms in total. The maximum Gasteiger partial charge on any atom is 0.187 e. The highest BCUT2D eigenvalue weighted by Gasteiger charge is 2.43. The second-order valence-electron chi connectivity index (χ2n) is 19.1. The number of aromatic hydroxyl groups is 1. The van der Waals surface area contributed by atoms with Crippen molar-refractivity contribution in [2.45, 2.75) is 93.9 Å². The molecule has 0 amide bonds. The highest BCUT2D eigenvalue weighted by Crippen LogP contribution is 2.56. The molecule has 5 aromatic carbocycles. The van der Waals surface area contributed by atoms with Gasteiger partial charge >= 0.3 is 0 Å². The van der Waals surface area contributed by atoms with Gasteiger partial charge in [-0.15, -0.1) is 0 Å². The zero-order chi connectivity index (χ0) is 40.1. The molecular formula is C53H58O2. The summed E-state index contributed by atoms with van der Waals surface area (Å²) in [5, 5.41) is 12.8. The minimum atomic E-state index is -0.479. The number of rotatable bonds is 5. The van der Waals surface area contributed by atoms with Crippen LogP contribution in [0.1, 0.15) is 111 Å². The fraction of sp³-hybridized carbons (Fsp3) is 0.302. The average Bonchev–Trinajstić information content (AvgIpc) is 3.11. The second kappa shape index (κ2) is 14.5. The molecule has 0 bridgehead atoms. The molecular weight excluding hydrogens is 669 g/mol. The third-order valence-electron chi connectivity index (χ3n) is 10.5. The molecule has 0 saturated carbocycles. The Bertz CT molecular complexity index is 2150. The number of hydrogen-bond acceptors (Lipinski definition) is 2. The van der Waals surface area contributed by atoms with Crippen molar-refractivity contribution < 1.29 is 9.90 Å². The van der Waals surface area contributed by atoms with Gasteiger partial charge in [-0.05, 0) is 83.4 Å². The Morgan fingerprint density at radius 2 is 0.709 bits per heavy atom. The van der Waals surface area contributed by atoms with E-state index in [1.165, 1.54) is 0 Å². The standard InChI is InChI=1S/C53H58O2/c1-50(2,3)44-40(34-25-17-13-18-26-34)38(41(35-27-19-14-20-28-35)45(48(44)54)51(4,5)6)33-39-42(36-29-21-15-22-30-36)46(52(7,8)9)49(55)47(53(10,11)12)43(39)37-31-23-16-24-32-37/h13-33,54H,1-12H3. The van der Waals surface area contributed by atoms with E-state index in [2.05, 4.69) is 186 Å². The van der Waals surface area contributed by atoms with Gasteiger partial charge in [-0.1, -0.05) is 204 Å². The summed E-state index contributed by atoms with van der Waals surface area (Å²) >= 11 is 0. The van der Waals surface area contributed by atoms with Crippen molar-refractivity contribution in [3.63, 3.8) is 0 Å². The van der Waals surface area contributed by atoms with Crippen LogP contribution in [0.3, 0.4) is 0 Å². The molecule has 1 aliphatic carbocycles. The highest BCUT2D eigenvalue weighted by atomic mass is 16.3. The van der Waals surface area contributed by atoms with E-state index >= 15 is 4.79 Å². The summed E-state index contributed by atoms with van der Waals surface area (Å²) in [6.45, 7) is 26.1. The Morgan fingerprint density at radius 1 is 0.418 bits per heavy atom. The van der Waals surface area contributed by atoms with Crippen molar-refractivity contribution in [2.75, 3.05) is 0 Å². The van der Waals surface area contributed by atoms with Crippen molar-refractivity contribution in [1.29, 1.82) is 0 Å². The first-order valence-corrected chi connectivity index (χ1v) is 19.6. The Labute approximate surface area is 330 Å². The van der Waals surface area contributed by atoms with Crippen LogP contribution in [0.5, 0.6) is 5.75 Å². The third-order valence-corrected chi connectivity index (χ3v) is 10.5. The van der Waals surface area contributed by atoms with E-state index in [0.29, 0.717) is 5.75 Å². The summed E-state index contributed by atoms with van der Waals surface area (Å²) in [6, 6.07) is 41.9. The Hall–Kier alpha value is -5.21. The van der Waals surface area contributed by atoms with Crippen LogP contribution >= 0.6 is 0 Å². The van der Waals surface area contributed by atoms with Crippen LogP contribution in [0.4, 0.5) is 0 Å². The lowest BCUT2D eigenvalue weighted by atomic mass is 9.63. The third kappa shape index (κ3) is 7.57. The maximum absolute atomic E-state index is 15.4. The second-order valence-corrected chi connectivity index (χ2v) is 19.1. The molecule has 6 rings (SSSR count). The molecule has 1 N–H and O–H groups in total. The summed E-state index contributed by atoms with van der Waals surface area (Å²) in [5.41, 5.74) is 11.6. The molecule has 0 saturated heterocycles. The summed E-state index contributed by atoms with van der Waals surface area (Å²) < 4.78 is 0. The van der Waals surface area contributed by atoms with Gasteiger partial charge in [0.25, 0.3) is 0 Å². The zero-order valence-corrected chi connectivity index (χ0v) is 35.0. The Morgan fingerprint density at radius 3 is 0.982 bits per heavy atom. The lowest BCUT2D eigenvalue weighted by Gasteiger charge is -2.39. The monoisotopic (exact) mass is 726 g/mol. The quantitative estimate of drug-likeness (QED) is 0.196. The van der Waals surface area contributed by atoms with Crippen LogP contribution in [0.2, 0.25) is 0 Å². The van der Waals surface area contributed by atoms with Crippen LogP contribution in [0.15, 0.2) is 138 Å². The molecule has 0 atom stereocenters. The van der Waals surface area contributed by atoms with Gasteiger partial charge in [0.15, 0.2) is 5.78 Å². The minimum absolute atomic E-state index is 0.0953. The molecule has 0 heterocycles. The summed E-state index contributed by atoms with van der Waals surface area (Å²) in [4.78, 5) is 15.4. The number of allylic oxidation sites excluding steroid dienone is 5. The SMILES string of the molecule is CC(C)(C)C1=C(c2ccccc2)C(=Cc2c(-c3ccccc3)c(C(C)(C)C)c(O)c(C(C)(C)C)c2-c2ccccc2)C(c2ccccc2)=C(C(C)(C)C)C1=O. The molecule has 55 heavy (non-hydrogen) atoms. The fourth-order valence-corrected chi connectivity index (χ4v) is 8.45. The van der Waals surface area contributed by atoms with Gasteiger partial charge in [0.2, 0.25) is 0 Å². The van der Waals surface area contributed by atoms with Crippen LogP contribution in [0, 0.1) is 10.8 Å². The predicted octanol–water partition coefficient (Wildman–Crippen LogP) is 14.3. The molecule has 0 aliphatic heterocycles. The van der Waals surface area contributed by atoms with Crippen LogP contribution in [0.25, 0.3) is 39.5 Å². The van der Waals surface area contributed by atoms with Gasteiger partial charge in [-0.25, -0.2) is 0 Å². The van der Waals surface area contributed by atoms with E-state index in [0.717, 1.165) is 77.9 Å². The fourth-order valence-electron chi connectivity index (χ4n) is 8.45. The van der Waals surface area contributed by atoms with E-state index < -0.39 is 21.7 Å². The molecule has 1 aliphatic rings. The van der Waals surface area contributed by atoms with Gasteiger partial charge < -0.3 is 5.11 Å². The van der Waals surface area contributed by atoms with Crippen LogP contribution in [-0.2, 0) is 15.6 Å². The smallest absolute Gasteiger partial charge is 0.187 e. The molecule has 0 spiro atoms. The molecule has 0 fully saturated rings. The van der Waals surface area contributed by atoms with E-state index in [1.807, 2.05) is 24.3 Å². The van der Waals surface area contributed by atoms with Crippen molar-refractivity contribution in [3.05, 3.63) is 166 Å². The molecule has 5 aromatic rings. The Kier molecular flexibility index (Phi) is 10.4. The minimum Gasteiger partial charge on any atom is -0.507 e. The number of carbonyl (C=O) groups excluding carboxylic acids is 1. The van der Waals surface area contributed by atoms with Gasteiger partial charge in [0.05, 0.1) is 0 Å². The summed E-state index contributed by atoms with van der Waals surface area (Å²) in [5.74, 6) is 0.431. The van der Waals surface area contributed by atoms with Gasteiger partial charge in [-0.3, -0.25) is 4.79 Å². The van der Waals surface area contributed by atoms with E-state index in [9.17, 15) is 5.11 Å². The lowest BCUT2D eigenvalue weighted by Crippen LogP contribution is -2.31. The largest absolute Gasteiger partial charge is 0.507 e. The predicted molar refractivity (Wildman–Crippen MR) is 235 cm³/mol. The van der Waals surface area contributed by atoms with E-state index in [-0.39, 0.29) is 5.78 Å².